The SMILES string of the molecule is O=C1/C(=C\c2ccco2)SC(=S)N1c1cccc(O)c1. The number of furan rings is 1. The monoisotopic (exact) mass is 303 g/mol. The Hall–Kier alpha value is -2.05. The summed E-state index contributed by atoms with van der Waals surface area (Å²) < 4.78 is 5.62. The number of phenolic OH excluding ortho intramolecular Hbond substituents is 1. The van der Waals surface area contributed by atoms with Crippen molar-refractivity contribution in [3.63, 3.8) is 0 Å². The van der Waals surface area contributed by atoms with Crippen molar-refractivity contribution in [2.45, 2.75) is 0 Å². The van der Waals surface area contributed by atoms with Gasteiger partial charge in [0.2, 0.25) is 0 Å². The number of thioether (sulfide) groups is 1. The molecule has 3 rings (SSSR count). The van der Waals surface area contributed by atoms with Crippen LogP contribution in [-0.4, -0.2) is 15.3 Å². The van der Waals surface area contributed by atoms with Gasteiger partial charge >= 0.3 is 0 Å². The summed E-state index contributed by atoms with van der Waals surface area (Å²) in [4.78, 5) is 14.3. The van der Waals surface area contributed by atoms with E-state index >= 15 is 0 Å². The first-order chi connectivity index (χ1) is 9.65. The first-order valence-electron chi connectivity index (χ1n) is 5.75. The second kappa shape index (κ2) is 5.15. The van der Waals surface area contributed by atoms with Crippen LogP contribution in [0.3, 0.4) is 0 Å². The van der Waals surface area contributed by atoms with Crippen LogP contribution in [-0.2, 0) is 4.79 Å². The third-order valence-corrected chi connectivity index (χ3v) is 4.00. The van der Waals surface area contributed by atoms with Crippen molar-refractivity contribution >= 4 is 46.0 Å². The molecular weight excluding hydrogens is 294 g/mol. The van der Waals surface area contributed by atoms with Crippen LogP contribution in [0.2, 0.25) is 0 Å². The highest BCUT2D eigenvalue weighted by molar-refractivity contribution is 8.27. The zero-order chi connectivity index (χ0) is 14.1. The van der Waals surface area contributed by atoms with Crippen molar-refractivity contribution in [2.24, 2.45) is 0 Å². The molecule has 0 radical (unpaired) electrons. The summed E-state index contributed by atoms with van der Waals surface area (Å²) in [6.07, 6.45) is 3.20. The standard InChI is InChI=1S/C14H9NO3S2/c16-10-4-1-3-9(7-10)15-13(17)12(20-14(15)19)8-11-5-2-6-18-11/h1-8,16H/b12-8+. The number of phenols is 1. The fraction of sp³-hybridized carbons (Fsp3) is 0. The van der Waals surface area contributed by atoms with Crippen LogP contribution in [0.5, 0.6) is 5.75 Å². The molecule has 0 unspecified atom stereocenters. The number of hydrogen-bond acceptors (Lipinski definition) is 5. The highest BCUT2D eigenvalue weighted by Gasteiger charge is 2.33. The number of nitrogens with zero attached hydrogens (tertiary/aromatic N) is 1. The number of aromatic hydroxyl groups is 1. The van der Waals surface area contributed by atoms with Crippen LogP contribution in [0, 0.1) is 0 Å². The highest BCUT2D eigenvalue weighted by atomic mass is 32.2. The summed E-state index contributed by atoms with van der Waals surface area (Å²) in [7, 11) is 0. The van der Waals surface area contributed by atoms with Crippen molar-refractivity contribution in [1.29, 1.82) is 0 Å². The number of carbonyl (C=O) groups excluding carboxylic acids is 1. The van der Waals surface area contributed by atoms with Gasteiger partial charge in [0.1, 0.15) is 11.5 Å². The third kappa shape index (κ3) is 2.35. The molecule has 100 valence electrons. The predicted molar refractivity (Wildman–Crippen MR) is 82.5 cm³/mol. The molecule has 0 saturated carbocycles. The van der Waals surface area contributed by atoms with Crippen LogP contribution < -0.4 is 4.90 Å². The summed E-state index contributed by atoms with van der Waals surface area (Å²) in [6.45, 7) is 0. The Morgan fingerprint density at radius 3 is 2.85 bits per heavy atom. The van der Waals surface area contributed by atoms with Crippen molar-refractivity contribution in [1.82, 2.24) is 0 Å². The molecule has 0 atom stereocenters. The quantitative estimate of drug-likeness (QED) is 0.681. The summed E-state index contributed by atoms with van der Waals surface area (Å²) in [5.74, 6) is 0.468. The molecule has 6 heteroatoms. The largest absolute Gasteiger partial charge is 0.508 e. The zero-order valence-electron chi connectivity index (χ0n) is 10.1. The van der Waals surface area contributed by atoms with Gasteiger partial charge in [-0.2, -0.15) is 0 Å². The lowest BCUT2D eigenvalue weighted by molar-refractivity contribution is -0.113. The molecular formula is C14H9NO3S2. The normalized spacial score (nSPS) is 17.2. The summed E-state index contributed by atoms with van der Waals surface area (Å²) >= 11 is 6.44. The average Bonchev–Trinajstić information content (AvgIpc) is 2.99. The minimum atomic E-state index is -0.220. The van der Waals surface area contributed by atoms with Gasteiger partial charge in [-0.1, -0.05) is 30.0 Å². The van der Waals surface area contributed by atoms with E-state index in [1.165, 1.54) is 22.7 Å². The topological polar surface area (TPSA) is 53.7 Å². The molecule has 1 aromatic heterocycles. The molecule has 2 aromatic rings. The number of thiocarbonyl (C=S) groups is 1. The first-order valence-corrected chi connectivity index (χ1v) is 6.98. The highest BCUT2D eigenvalue weighted by Crippen LogP contribution is 2.36. The lowest BCUT2D eigenvalue weighted by Crippen LogP contribution is -2.27. The molecule has 4 nitrogen and oxygen atoms in total. The van der Waals surface area contributed by atoms with Crippen molar-refractivity contribution in [2.75, 3.05) is 4.90 Å². The van der Waals surface area contributed by atoms with Crippen molar-refractivity contribution in [3.8, 4) is 5.75 Å². The molecule has 0 spiro atoms. The lowest BCUT2D eigenvalue weighted by Gasteiger charge is -2.14. The van der Waals surface area contributed by atoms with Gasteiger partial charge < -0.3 is 9.52 Å². The van der Waals surface area contributed by atoms with Crippen LogP contribution in [0.15, 0.2) is 52.0 Å². The van der Waals surface area contributed by atoms with Crippen molar-refractivity contribution < 1.29 is 14.3 Å². The maximum Gasteiger partial charge on any atom is 0.270 e. The van der Waals surface area contributed by atoms with Gasteiger partial charge in [0.05, 0.1) is 16.9 Å². The number of benzene rings is 1. The van der Waals surface area contributed by atoms with E-state index in [9.17, 15) is 9.90 Å². The Morgan fingerprint density at radius 1 is 1.30 bits per heavy atom. The number of hydrogen-bond donors (Lipinski definition) is 1. The van der Waals surface area contributed by atoms with E-state index in [0.29, 0.717) is 20.7 Å². The molecule has 1 amide bonds. The Labute approximate surface area is 124 Å². The molecule has 0 bridgehead atoms. The first kappa shape index (κ1) is 13.0. The summed E-state index contributed by atoms with van der Waals surface area (Å²) in [5.41, 5.74) is 0.551. The van der Waals surface area contributed by atoms with Gasteiger partial charge in [0, 0.05) is 12.1 Å². The van der Waals surface area contributed by atoms with Crippen molar-refractivity contribution in [3.05, 3.63) is 53.3 Å². The number of anilines is 1. The molecule has 0 aliphatic carbocycles. The minimum absolute atomic E-state index is 0.0894. The van der Waals surface area contributed by atoms with Gasteiger partial charge in [0.25, 0.3) is 5.91 Å². The molecule has 1 aliphatic heterocycles. The lowest BCUT2D eigenvalue weighted by atomic mass is 10.2. The maximum absolute atomic E-state index is 12.4. The Balaban J connectivity index is 1.95. The Bertz CT molecular complexity index is 707. The van der Waals surface area contributed by atoms with Crippen LogP contribution in [0.4, 0.5) is 5.69 Å². The number of carbonyl (C=O) groups is 1. The predicted octanol–water partition coefficient (Wildman–Crippen LogP) is 3.39. The molecule has 1 fully saturated rings. The second-order valence-electron chi connectivity index (χ2n) is 4.05. The molecule has 20 heavy (non-hydrogen) atoms. The smallest absolute Gasteiger partial charge is 0.270 e. The molecule has 1 saturated heterocycles. The minimum Gasteiger partial charge on any atom is -0.508 e. The van der Waals surface area contributed by atoms with Gasteiger partial charge in [0.15, 0.2) is 4.32 Å². The van der Waals surface area contributed by atoms with E-state index in [1.54, 1.807) is 42.7 Å². The Morgan fingerprint density at radius 2 is 2.15 bits per heavy atom. The van der Waals surface area contributed by atoms with Gasteiger partial charge in [-0.3, -0.25) is 9.69 Å². The fourth-order valence-corrected chi connectivity index (χ4v) is 3.10. The Kier molecular flexibility index (Phi) is 3.33. The van der Waals surface area contributed by atoms with Crippen LogP contribution in [0.25, 0.3) is 6.08 Å². The van der Waals surface area contributed by atoms with E-state index in [-0.39, 0.29) is 11.7 Å². The second-order valence-corrected chi connectivity index (χ2v) is 5.73. The van der Waals surface area contributed by atoms with E-state index < -0.39 is 0 Å². The van der Waals surface area contributed by atoms with Crippen LogP contribution >= 0.6 is 24.0 Å². The zero-order valence-corrected chi connectivity index (χ0v) is 11.8. The van der Waals surface area contributed by atoms with Gasteiger partial charge in [-0.25, -0.2) is 0 Å². The van der Waals surface area contributed by atoms with E-state index in [0.717, 1.165) is 0 Å². The molecule has 1 aliphatic rings. The number of rotatable bonds is 2. The maximum atomic E-state index is 12.4. The van der Waals surface area contributed by atoms with Crippen LogP contribution in [0.1, 0.15) is 5.76 Å². The van der Waals surface area contributed by atoms with Gasteiger partial charge in [-0.05, 0) is 24.3 Å². The molecule has 1 aromatic carbocycles. The van der Waals surface area contributed by atoms with E-state index in [2.05, 4.69) is 0 Å². The van der Waals surface area contributed by atoms with E-state index in [1.807, 2.05) is 0 Å². The summed E-state index contributed by atoms with van der Waals surface area (Å²) in [5, 5.41) is 9.50. The van der Waals surface area contributed by atoms with E-state index in [4.69, 9.17) is 16.6 Å². The summed E-state index contributed by atoms with van der Waals surface area (Å²) in [6, 6.07) is 9.95. The molecule has 2 heterocycles. The third-order valence-electron chi connectivity index (χ3n) is 2.70. The average molecular weight is 303 g/mol. The van der Waals surface area contributed by atoms with Gasteiger partial charge in [-0.15, -0.1) is 0 Å². The molecule has 1 N–H and O–H groups in total. The fourth-order valence-electron chi connectivity index (χ4n) is 1.83. The number of amides is 1.